The van der Waals surface area contributed by atoms with Gasteiger partial charge in [0, 0.05) is 18.7 Å². The number of rotatable bonds is 7. The van der Waals surface area contributed by atoms with Gasteiger partial charge in [-0.3, -0.25) is 9.59 Å². The van der Waals surface area contributed by atoms with Crippen LogP contribution in [0.3, 0.4) is 0 Å². The van der Waals surface area contributed by atoms with Crippen molar-refractivity contribution in [1.82, 2.24) is 10.2 Å². The summed E-state index contributed by atoms with van der Waals surface area (Å²) in [6.07, 6.45) is 0.348. The number of hydrogen-bond donors (Lipinski definition) is 1. The number of carbonyl (C=O) groups excluding carboxylic acids is 2. The van der Waals surface area contributed by atoms with Gasteiger partial charge in [-0.25, -0.2) is 17.2 Å². The van der Waals surface area contributed by atoms with Crippen molar-refractivity contribution in [3.05, 3.63) is 29.8 Å². The topological polar surface area (TPSA) is 92.8 Å². The molecule has 1 aromatic carbocycles. The van der Waals surface area contributed by atoms with Crippen LogP contribution in [-0.4, -0.2) is 62.4 Å². The van der Waals surface area contributed by atoms with Gasteiger partial charge in [0.05, 0.1) is 18.1 Å². The van der Waals surface area contributed by atoms with E-state index in [0.29, 0.717) is 12.5 Å². The van der Waals surface area contributed by atoms with Gasteiger partial charge in [0.1, 0.15) is 5.82 Å². The minimum absolute atomic E-state index is 0.0332. The molecule has 10 heteroatoms. The first-order valence-electron chi connectivity index (χ1n) is 8.05. The van der Waals surface area contributed by atoms with Crippen molar-refractivity contribution in [2.24, 2.45) is 0 Å². The van der Waals surface area contributed by atoms with Crippen LogP contribution >= 0.6 is 0 Å². The van der Waals surface area contributed by atoms with E-state index in [0.717, 1.165) is 12.1 Å². The summed E-state index contributed by atoms with van der Waals surface area (Å²) in [6.45, 7) is 1.09. The minimum Gasteiger partial charge on any atom is -0.481 e. The Morgan fingerprint density at radius 1 is 1.35 bits per heavy atom. The van der Waals surface area contributed by atoms with E-state index in [4.69, 9.17) is 4.74 Å². The maximum absolute atomic E-state index is 13.5. The summed E-state index contributed by atoms with van der Waals surface area (Å²) in [6, 6.07) is 2.26. The minimum atomic E-state index is -3.12. The number of benzene rings is 1. The third-order valence-corrected chi connectivity index (χ3v) is 5.68. The molecule has 0 bridgehead atoms. The van der Waals surface area contributed by atoms with Gasteiger partial charge < -0.3 is 15.0 Å². The van der Waals surface area contributed by atoms with Gasteiger partial charge in [-0.05, 0) is 25.5 Å². The molecule has 1 aliphatic heterocycles. The Bertz CT molecular complexity index is 785. The third kappa shape index (κ3) is 5.65. The molecular weight excluding hydrogens is 370 g/mol. The van der Waals surface area contributed by atoms with Gasteiger partial charge in [0.15, 0.2) is 28.0 Å². The van der Waals surface area contributed by atoms with Gasteiger partial charge in [-0.15, -0.1) is 0 Å². The van der Waals surface area contributed by atoms with E-state index in [9.17, 15) is 26.8 Å². The Morgan fingerprint density at radius 3 is 2.65 bits per heavy atom. The van der Waals surface area contributed by atoms with Crippen molar-refractivity contribution in [2.75, 3.05) is 31.2 Å². The zero-order valence-corrected chi connectivity index (χ0v) is 15.0. The zero-order chi connectivity index (χ0) is 19.3. The van der Waals surface area contributed by atoms with Gasteiger partial charge >= 0.3 is 0 Å². The van der Waals surface area contributed by atoms with Crippen LogP contribution in [0.25, 0.3) is 0 Å². The largest absolute Gasteiger partial charge is 0.481 e. The summed E-state index contributed by atoms with van der Waals surface area (Å²) in [5.74, 6) is -3.06. The summed E-state index contributed by atoms with van der Waals surface area (Å²) in [5, 5.41) is 2.59. The third-order valence-electron chi connectivity index (χ3n) is 3.91. The molecule has 1 N–H and O–H groups in total. The SMILES string of the molecule is CCN(CC(=O)NC1CCS(=O)(=O)C1)C(=O)COc1ccc(F)cc1F. The average Bonchev–Trinajstić information content (AvgIpc) is 2.90. The molecule has 26 heavy (non-hydrogen) atoms. The molecule has 1 unspecified atom stereocenters. The Kier molecular flexibility index (Phi) is 6.52. The maximum atomic E-state index is 13.5. The van der Waals surface area contributed by atoms with Crippen molar-refractivity contribution in [3.63, 3.8) is 0 Å². The van der Waals surface area contributed by atoms with E-state index in [-0.39, 0.29) is 30.3 Å². The molecule has 1 aliphatic rings. The van der Waals surface area contributed by atoms with Crippen molar-refractivity contribution in [2.45, 2.75) is 19.4 Å². The van der Waals surface area contributed by atoms with Crippen LogP contribution in [0, 0.1) is 11.6 Å². The highest BCUT2D eigenvalue weighted by molar-refractivity contribution is 7.91. The average molecular weight is 390 g/mol. The van der Waals surface area contributed by atoms with Gasteiger partial charge in [0.25, 0.3) is 5.91 Å². The number of sulfone groups is 1. The Balaban J connectivity index is 1.84. The van der Waals surface area contributed by atoms with E-state index in [2.05, 4.69) is 5.32 Å². The normalized spacial score (nSPS) is 18.3. The predicted octanol–water partition coefficient (Wildman–Crippen LogP) is 0.495. The molecule has 2 rings (SSSR count). The van der Waals surface area contributed by atoms with Crippen LogP contribution in [0.5, 0.6) is 5.75 Å². The number of nitrogens with zero attached hydrogens (tertiary/aromatic N) is 1. The number of hydrogen-bond acceptors (Lipinski definition) is 5. The van der Waals surface area contributed by atoms with Crippen molar-refractivity contribution in [3.8, 4) is 5.75 Å². The van der Waals surface area contributed by atoms with Crippen LogP contribution in [0.4, 0.5) is 8.78 Å². The van der Waals surface area contributed by atoms with E-state index < -0.39 is 45.9 Å². The summed E-state index contributed by atoms with van der Waals surface area (Å²) >= 11 is 0. The number of amides is 2. The van der Waals surface area contributed by atoms with Crippen LogP contribution in [-0.2, 0) is 19.4 Å². The van der Waals surface area contributed by atoms with Crippen LogP contribution < -0.4 is 10.1 Å². The Labute approximate surface area is 150 Å². The smallest absolute Gasteiger partial charge is 0.260 e. The van der Waals surface area contributed by atoms with Gasteiger partial charge in [-0.2, -0.15) is 0 Å². The van der Waals surface area contributed by atoms with Crippen molar-refractivity contribution >= 4 is 21.7 Å². The highest BCUT2D eigenvalue weighted by atomic mass is 32.2. The van der Waals surface area contributed by atoms with E-state index in [1.165, 1.54) is 4.90 Å². The first-order valence-corrected chi connectivity index (χ1v) is 9.87. The second-order valence-electron chi connectivity index (χ2n) is 5.94. The van der Waals surface area contributed by atoms with Crippen LogP contribution in [0.15, 0.2) is 18.2 Å². The van der Waals surface area contributed by atoms with Crippen molar-refractivity contribution in [1.29, 1.82) is 0 Å². The number of nitrogens with one attached hydrogen (secondary N) is 1. The molecule has 0 aromatic heterocycles. The lowest BCUT2D eigenvalue weighted by Gasteiger charge is -2.21. The molecule has 0 aliphatic carbocycles. The molecule has 1 atom stereocenters. The lowest BCUT2D eigenvalue weighted by atomic mass is 10.2. The number of carbonyl (C=O) groups is 2. The fraction of sp³-hybridized carbons (Fsp3) is 0.500. The second-order valence-corrected chi connectivity index (χ2v) is 8.17. The van der Waals surface area contributed by atoms with Gasteiger partial charge in [-0.1, -0.05) is 0 Å². The summed E-state index contributed by atoms with van der Waals surface area (Å²) in [7, 11) is -3.12. The van der Waals surface area contributed by atoms with Crippen molar-refractivity contribution < 1.29 is 31.5 Å². The summed E-state index contributed by atoms with van der Waals surface area (Å²) in [5.41, 5.74) is 0. The van der Waals surface area contributed by atoms with E-state index in [1.807, 2.05) is 0 Å². The number of halogens is 2. The molecule has 7 nitrogen and oxygen atoms in total. The highest BCUT2D eigenvalue weighted by Crippen LogP contribution is 2.17. The molecule has 0 saturated carbocycles. The fourth-order valence-corrected chi connectivity index (χ4v) is 4.23. The second kappa shape index (κ2) is 8.43. The lowest BCUT2D eigenvalue weighted by molar-refractivity contribution is -0.137. The molecule has 1 saturated heterocycles. The molecule has 0 radical (unpaired) electrons. The zero-order valence-electron chi connectivity index (χ0n) is 14.2. The summed E-state index contributed by atoms with van der Waals surface area (Å²) < 4.78 is 54.1. The molecule has 1 aromatic rings. The van der Waals surface area contributed by atoms with E-state index >= 15 is 0 Å². The van der Waals surface area contributed by atoms with Crippen LogP contribution in [0.2, 0.25) is 0 Å². The molecule has 0 spiro atoms. The number of likely N-dealkylation sites (N-methyl/N-ethyl adjacent to an activating group) is 1. The molecular formula is C16H20F2N2O5S. The molecule has 144 valence electrons. The molecule has 2 amide bonds. The van der Waals surface area contributed by atoms with Gasteiger partial charge in [0.2, 0.25) is 5.91 Å². The molecule has 1 heterocycles. The first-order chi connectivity index (χ1) is 12.2. The highest BCUT2D eigenvalue weighted by Gasteiger charge is 2.29. The quantitative estimate of drug-likeness (QED) is 0.732. The monoisotopic (exact) mass is 390 g/mol. The van der Waals surface area contributed by atoms with Crippen LogP contribution in [0.1, 0.15) is 13.3 Å². The predicted molar refractivity (Wildman–Crippen MR) is 89.3 cm³/mol. The molecule has 1 fully saturated rings. The summed E-state index contributed by atoms with van der Waals surface area (Å²) in [4.78, 5) is 25.3. The number of ether oxygens (including phenoxy) is 1. The first kappa shape index (κ1) is 20.1. The van der Waals surface area contributed by atoms with E-state index in [1.54, 1.807) is 6.92 Å². The Hall–Kier alpha value is -2.23. The fourth-order valence-electron chi connectivity index (χ4n) is 2.55. The standard InChI is InChI=1S/C16H20F2N2O5S/c1-2-20(8-15(21)19-12-5-6-26(23,24)10-12)16(22)9-25-14-4-3-11(17)7-13(14)18/h3-4,7,12H,2,5-6,8-10H2,1H3,(H,19,21). The lowest BCUT2D eigenvalue weighted by Crippen LogP contribution is -2.45. The maximum Gasteiger partial charge on any atom is 0.260 e. The Morgan fingerprint density at radius 2 is 2.08 bits per heavy atom.